The van der Waals surface area contributed by atoms with Gasteiger partial charge in [0, 0.05) is 44.2 Å². The standard InChI is InChI=1S/C18H23N3O3/c1-23-18-5-4-14(22)9-16(18)21(7-6-18)12-13-10-19-17(20-11-13)15-3-2-8-24-15/h2-3,8,10-11,14,16,22H,4-7,9,12H2,1H3/t14-,16-,18+/m0/s1. The van der Waals surface area contributed by atoms with Crippen molar-refractivity contribution in [3.63, 3.8) is 0 Å². The molecule has 24 heavy (non-hydrogen) atoms. The van der Waals surface area contributed by atoms with Gasteiger partial charge >= 0.3 is 0 Å². The van der Waals surface area contributed by atoms with Gasteiger partial charge in [-0.3, -0.25) is 4.90 Å². The second-order valence-corrected chi connectivity index (χ2v) is 6.83. The van der Waals surface area contributed by atoms with Gasteiger partial charge in [-0.25, -0.2) is 9.97 Å². The largest absolute Gasteiger partial charge is 0.461 e. The van der Waals surface area contributed by atoms with E-state index in [2.05, 4.69) is 14.9 Å². The Hall–Kier alpha value is -1.76. The minimum atomic E-state index is -0.226. The van der Waals surface area contributed by atoms with Crippen LogP contribution in [-0.2, 0) is 11.3 Å². The lowest BCUT2D eigenvalue weighted by Gasteiger charge is -2.42. The molecule has 6 heteroatoms. The third-order valence-corrected chi connectivity index (χ3v) is 5.51. The maximum absolute atomic E-state index is 10.1. The van der Waals surface area contributed by atoms with E-state index in [9.17, 15) is 5.11 Å². The third kappa shape index (κ3) is 2.75. The molecule has 0 radical (unpaired) electrons. The average molecular weight is 329 g/mol. The van der Waals surface area contributed by atoms with Gasteiger partial charge in [-0.05, 0) is 37.8 Å². The number of aliphatic hydroxyl groups excluding tert-OH is 1. The van der Waals surface area contributed by atoms with Crippen LogP contribution >= 0.6 is 0 Å². The maximum atomic E-state index is 10.1. The number of nitrogens with zero attached hydrogens (tertiary/aromatic N) is 3. The Morgan fingerprint density at radius 1 is 1.38 bits per heavy atom. The summed E-state index contributed by atoms with van der Waals surface area (Å²) < 4.78 is 11.2. The molecule has 0 amide bonds. The predicted molar refractivity (Wildman–Crippen MR) is 88.1 cm³/mol. The van der Waals surface area contributed by atoms with Crippen LogP contribution in [-0.4, -0.2) is 51.4 Å². The van der Waals surface area contributed by atoms with Crippen molar-refractivity contribution in [2.24, 2.45) is 0 Å². The molecule has 0 unspecified atom stereocenters. The number of ether oxygens (including phenoxy) is 1. The molecule has 1 aliphatic heterocycles. The van der Waals surface area contributed by atoms with Crippen molar-refractivity contribution in [2.45, 2.75) is 50.0 Å². The predicted octanol–water partition coefficient (Wildman–Crippen LogP) is 2.24. The first-order valence-electron chi connectivity index (χ1n) is 8.52. The quantitative estimate of drug-likeness (QED) is 0.927. The number of furan rings is 1. The first kappa shape index (κ1) is 15.7. The van der Waals surface area contributed by atoms with Crippen LogP contribution in [0, 0.1) is 0 Å². The number of aromatic nitrogens is 2. The van der Waals surface area contributed by atoms with Crippen molar-refractivity contribution in [3.8, 4) is 11.6 Å². The number of hydrogen-bond donors (Lipinski definition) is 1. The zero-order valence-electron chi connectivity index (χ0n) is 13.9. The van der Waals surface area contributed by atoms with Crippen LogP contribution < -0.4 is 0 Å². The van der Waals surface area contributed by atoms with Crippen LogP contribution in [0.25, 0.3) is 11.6 Å². The van der Waals surface area contributed by atoms with E-state index in [1.165, 1.54) is 0 Å². The summed E-state index contributed by atoms with van der Waals surface area (Å²) in [5.41, 5.74) is 0.964. The Morgan fingerprint density at radius 3 is 2.92 bits per heavy atom. The Bertz CT molecular complexity index is 673. The second kappa shape index (κ2) is 6.27. The summed E-state index contributed by atoms with van der Waals surface area (Å²) in [6.07, 6.45) is 8.67. The lowest BCUT2D eigenvalue weighted by molar-refractivity contribution is -0.0879. The van der Waals surface area contributed by atoms with Crippen molar-refractivity contribution >= 4 is 0 Å². The van der Waals surface area contributed by atoms with E-state index in [4.69, 9.17) is 9.15 Å². The number of likely N-dealkylation sites (tertiary alicyclic amines) is 1. The smallest absolute Gasteiger partial charge is 0.195 e. The number of methoxy groups -OCH3 is 1. The fraction of sp³-hybridized carbons (Fsp3) is 0.556. The van der Waals surface area contributed by atoms with Crippen molar-refractivity contribution in [1.29, 1.82) is 0 Å². The zero-order valence-corrected chi connectivity index (χ0v) is 13.9. The third-order valence-electron chi connectivity index (χ3n) is 5.51. The molecule has 1 saturated carbocycles. The van der Waals surface area contributed by atoms with Crippen LogP contribution in [0.2, 0.25) is 0 Å². The molecule has 1 saturated heterocycles. The molecule has 2 aliphatic rings. The van der Waals surface area contributed by atoms with Gasteiger partial charge in [0.05, 0.1) is 18.0 Å². The highest BCUT2D eigenvalue weighted by Gasteiger charge is 2.50. The lowest BCUT2D eigenvalue weighted by atomic mass is 9.79. The number of fused-ring (bicyclic) bond motifs is 1. The summed E-state index contributed by atoms with van der Waals surface area (Å²) in [7, 11) is 1.80. The molecule has 4 rings (SSSR count). The minimum absolute atomic E-state index is 0.103. The fourth-order valence-electron chi connectivity index (χ4n) is 4.16. The van der Waals surface area contributed by atoms with Gasteiger partial charge in [0.15, 0.2) is 11.6 Å². The summed E-state index contributed by atoms with van der Waals surface area (Å²) in [6.45, 7) is 1.76. The topological polar surface area (TPSA) is 71.6 Å². The second-order valence-electron chi connectivity index (χ2n) is 6.83. The van der Waals surface area contributed by atoms with Crippen molar-refractivity contribution < 1.29 is 14.3 Å². The van der Waals surface area contributed by atoms with E-state index in [0.717, 1.165) is 44.3 Å². The highest BCUT2D eigenvalue weighted by Crippen LogP contribution is 2.42. The van der Waals surface area contributed by atoms with Gasteiger partial charge in [0.2, 0.25) is 0 Å². The maximum Gasteiger partial charge on any atom is 0.195 e. The lowest BCUT2D eigenvalue weighted by Crippen LogP contribution is -2.51. The average Bonchev–Trinajstić information content (AvgIpc) is 3.25. The van der Waals surface area contributed by atoms with Crippen LogP contribution in [0.15, 0.2) is 35.2 Å². The summed E-state index contributed by atoms with van der Waals surface area (Å²) in [4.78, 5) is 11.2. The van der Waals surface area contributed by atoms with Gasteiger partial charge < -0.3 is 14.3 Å². The van der Waals surface area contributed by atoms with Crippen LogP contribution in [0.3, 0.4) is 0 Å². The molecule has 2 aromatic rings. The molecule has 1 aliphatic carbocycles. The summed E-state index contributed by atoms with van der Waals surface area (Å²) in [5, 5.41) is 10.1. The zero-order chi connectivity index (χ0) is 16.6. The van der Waals surface area contributed by atoms with Gasteiger partial charge in [-0.2, -0.15) is 0 Å². The van der Waals surface area contributed by atoms with E-state index in [1.54, 1.807) is 13.4 Å². The molecule has 3 heterocycles. The fourth-order valence-corrected chi connectivity index (χ4v) is 4.16. The summed E-state index contributed by atoms with van der Waals surface area (Å²) in [6, 6.07) is 3.94. The monoisotopic (exact) mass is 329 g/mol. The molecule has 128 valence electrons. The van der Waals surface area contributed by atoms with E-state index >= 15 is 0 Å². The van der Waals surface area contributed by atoms with Crippen molar-refractivity contribution in [2.75, 3.05) is 13.7 Å². The van der Waals surface area contributed by atoms with E-state index in [0.29, 0.717) is 11.6 Å². The number of hydrogen-bond acceptors (Lipinski definition) is 6. The van der Waals surface area contributed by atoms with Gasteiger partial charge in [-0.15, -0.1) is 0 Å². The van der Waals surface area contributed by atoms with E-state index in [1.807, 2.05) is 24.5 Å². The van der Waals surface area contributed by atoms with Crippen molar-refractivity contribution in [3.05, 3.63) is 36.4 Å². The van der Waals surface area contributed by atoms with Crippen LogP contribution in [0.5, 0.6) is 0 Å². The Kier molecular flexibility index (Phi) is 4.12. The Balaban J connectivity index is 1.49. The Labute approximate surface area is 141 Å². The highest BCUT2D eigenvalue weighted by molar-refractivity contribution is 5.45. The molecule has 2 aromatic heterocycles. The van der Waals surface area contributed by atoms with E-state index in [-0.39, 0.29) is 17.7 Å². The Morgan fingerprint density at radius 2 is 2.21 bits per heavy atom. The molecule has 1 N–H and O–H groups in total. The summed E-state index contributed by atoms with van der Waals surface area (Å²) in [5.74, 6) is 1.28. The SMILES string of the molecule is CO[C@@]12CC[C@H](O)C[C@@H]1N(Cc1cnc(-c3ccco3)nc1)CC2. The number of rotatable bonds is 4. The van der Waals surface area contributed by atoms with Crippen LogP contribution in [0.1, 0.15) is 31.2 Å². The van der Waals surface area contributed by atoms with Crippen molar-refractivity contribution in [1.82, 2.24) is 14.9 Å². The molecule has 3 atom stereocenters. The van der Waals surface area contributed by atoms with Gasteiger partial charge in [0.1, 0.15) is 0 Å². The molecule has 2 fully saturated rings. The molecule has 0 spiro atoms. The first-order valence-corrected chi connectivity index (χ1v) is 8.52. The summed E-state index contributed by atoms with van der Waals surface area (Å²) >= 11 is 0. The molecule has 6 nitrogen and oxygen atoms in total. The first-order chi connectivity index (χ1) is 11.7. The molecular weight excluding hydrogens is 306 g/mol. The molecular formula is C18H23N3O3. The number of aliphatic hydroxyl groups is 1. The molecule has 0 bridgehead atoms. The van der Waals surface area contributed by atoms with E-state index < -0.39 is 0 Å². The van der Waals surface area contributed by atoms with Crippen LogP contribution in [0.4, 0.5) is 0 Å². The van der Waals surface area contributed by atoms with Gasteiger partial charge in [0.25, 0.3) is 0 Å². The normalized spacial score (nSPS) is 30.4. The highest BCUT2D eigenvalue weighted by atomic mass is 16.5. The van der Waals surface area contributed by atoms with Gasteiger partial charge in [-0.1, -0.05) is 0 Å². The molecule has 0 aromatic carbocycles. The minimum Gasteiger partial charge on any atom is -0.461 e.